The molecule has 2 rings (SSSR count). The molecule has 0 radical (unpaired) electrons. The summed E-state index contributed by atoms with van der Waals surface area (Å²) in [6.07, 6.45) is 1.30. The van der Waals surface area contributed by atoms with Crippen molar-refractivity contribution < 1.29 is 18.7 Å². The smallest absolute Gasteiger partial charge is 0.407 e. The number of carbonyl (C=O) groups excluding carboxylic acids is 1. The Morgan fingerprint density at radius 2 is 2.16 bits per heavy atom. The largest absolute Gasteiger partial charge is 0.491 e. The standard InChI is InChI=1S/C19H29FN2O3/c1-5-24-17-7-6-14(12-16(17)20)8-10-22-11-9-15(13-22)21-18(23)25-19(2,3)4/h6-7,12,15H,5,8-11,13H2,1-4H3,(H,21,23)/t15-/m1/s1. The average Bonchev–Trinajstić information content (AvgIpc) is 2.93. The fourth-order valence-electron chi connectivity index (χ4n) is 2.89. The van der Waals surface area contributed by atoms with Crippen molar-refractivity contribution in [2.45, 2.75) is 52.2 Å². The first-order valence-corrected chi connectivity index (χ1v) is 8.90. The summed E-state index contributed by atoms with van der Waals surface area (Å²) < 4.78 is 24.4. The van der Waals surface area contributed by atoms with E-state index in [1.165, 1.54) is 6.07 Å². The highest BCUT2D eigenvalue weighted by atomic mass is 19.1. The highest BCUT2D eigenvalue weighted by Gasteiger charge is 2.25. The Morgan fingerprint density at radius 1 is 1.40 bits per heavy atom. The van der Waals surface area contributed by atoms with Crippen molar-refractivity contribution in [1.29, 1.82) is 0 Å². The lowest BCUT2D eigenvalue weighted by molar-refractivity contribution is 0.0506. The van der Waals surface area contributed by atoms with Gasteiger partial charge in [0.1, 0.15) is 5.60 Å². The van der Waals surface area contributed by atoms with Crippen LogP contribution in [0.2, 0.25) is 0 Å². The van der Waals surface area contributed by atoms with Crippen molar-refractivity contribution in [1.82, 2.24) is 10.2 Å². The molecule has 1 heterocycles. The van der Waals surface area contributed by atoms with E-state index in [0.717, 1.165) is 38.0 Å². The first kappa shape index (κ1) is 19.5. The summed E-state index contributed by atoms with van der Waals surface area (Å²) in [5.41, 5.74) is 0.463. The molecule has 1 N–H and O–H groups in total. The number of amides is 1. The Balaban J connectivity index is 1.76. The number of nitrogens with one attached hydrogen (secondary N) is 1. The summed E-state index contributed by atoms with van der Waals surface area (Å²) >= 11 is 0. The number of benzene rings is 1. The zero-order chi connectivity index (χ0) is 18.4. The minimum atomic E-state index is -0.486. The van der Waals surface area contributed by atoms with Crippen LogP contribution in [0.15, 0.2) is 18.2 Å². The van der Waals surface area contributed by atoms with Crippen molar-refractivity contribution in [3.8, 4) is 5.75 Å². The molecule has 1 fully saturated rings. The van der Waals surface area contributed by atoms with Crippen LogP contribution in [0.3, 0.4) is 0 Å². The first-order valence-electron chi connectivity index (χ1n) is 8.90. The quantitative estimate of drug-likeness (QED) is 0.853. The van der Waals surface area contributed by atoms with Crippen LogP contribution in [0.5, 0.6) is 5.75 Å². The van der Waals surface area contributed by atoms with E-state index in [1.54, 1.807) is 6.07 Å². The van der Waals surface area contributed by atoms with Crippen LogP contribution in [0.25, 0.3) is 0 Å². The van der Waals surface area contributed by atoms with E-state index in [-0.39, 0.29) is 18.0 Å². The highest BCUT2D eigenvalue weighted by Crippen LogP contribution is 2.19. The number of carbonyl (C=O) groups is 1. The third-order valence-electron chi connectivity index (χ3n) is 4.01. The average molecular weight is 352 g/mol. The van der Waals surface area contributed by atoms with Gasteiger partial charge in [-0.15, -0.1) is 0 Å². The van der Waals surface area contributed by atoms with Gasteiger partial charge in [0, 0.05) is 25.7 Å². The van der Waals surface area contributed by atoms with E-state index in [9.17, 15) is 9.18 Å². The van der Waals surface area contributed by atoms with E-state index < -0.39 is 5.60 Å². The van der Waals surface area contributed by atoms with E-state index in [1.807, 2.05) is 33.8 Å². The predicted molar refractivity (Wildman–Crippen MR) is 95.5 cm³/mol. The molecule has 0 aromatic heterocycles. The van der Waals surface area contributed by atoms with Gasteiger partial charge < -0.3 is 19.7 Å². The second-order valence-corrected chi connectivity index (χ2v) is 7.38. The summed E-state index contributed by atoms with van der Waals surface area (Å²) in [6, 6.07) is 5.23. The molecule has 1 aliphatic rings. The fraction of sp³-hybridized carbons (Fsp3) is 0.632. The molecule has 0 saturated carbocycles. The van der Waals surface area contributed by atoms with Gasteiger partial charge in [-0.1, -0.05) is 6.07 Å². The Labute approximate surface area is 149 Å². The van der Waals surface area contributed by atoms with Crippen molar-refractivity contribution in [3.05, 3.63) is 29.6 Å². The highest BCUT2D eigenvalue weighted by molar-refractivity contribution is 5.68. The summed E-state index contributed by atoms with van der Waals surface area (Å²) in [7, 11) is 0. The summed E-state index contributed by atoms with van der Waals surface area (Å²) in [6.45, 7) is 10.4. The molecule has 1 aliphatic heterocycles. The lowest BCUT2D eigenvalue weighted by Gasteiger charge is -2.22. The normalized spacial score (nSPS) is 18.2. The molecule has 0 unspecified atom stereocenters. The van der Waals surface area contributed by atoms with Crippen molar-refractivity contribution in [2.75, 3.05) is 26.2 Å². The fourth-order valence-corrected chi connectivity index (χ4v) is 2.89. The van der Waals surface area contributed by atoms with Crippen LogP contribution in [-0.2, 0) is 11.2 Å². The van der Waals surface area contributed by atoms with Crippen LogP contribution in [-0.4, -0.2) is 48.9 Å². The molecular formula is C19H29FN2O3. The van der Waals surface area contributed by atoms with Gasteiger partial charge in [0.05, 0.1) is 6.61 Å². The van der Waals surface area contributed by atoms with Crippen LogP contribution in [0, 0.1) is 5.82 Å². The molecule has 0 aliphatic carbocycles. The van der Waals surface area contributed by atoms with Crippen LogP contribution in [0.1, 0.15) is 39.7 Å². The lowest BCUT2D eigenvalue weighted by atomic mass is 10.1. The zero-order valence-corrected chi connectivity index (χ0v) is 15.6. The minimum absolute atomic E-state index is 0.104. The maximum Gasteiger partial charge on any atom is 0.407 e. The molecule has 25 heavy (non-hydrogen) atoms. The van der Waals surface area contributed by atoms with Crippen molar-refractivity contribution in [2.24, 2.45) is 0 Å². The number of nitrogens with zero attached hydrogens (tertiary/aromatic N) is 1. The molecule has 1 aromatic carbocycles. The van der Waals surface area contributed by atoms with Gasteiger partial charge in [-0.2, -0.15) is 0 Å². The second-order valence-electron chi connectivity index (χ2n) is 7.38. The Bertz CT molecular complexity index is 587. The van der Waals surface area contributed by atoms with Crippen LogP contribution < -0.4 is 10.1 Å². The number of hydrogen-bond acceptors (Lipinski definition) is 4. The maximum atomic E-state index is 13.9. The topological polar surface area (TPSA) is 50.8 Å². The molecule has 1 aromatic rings. The Kier molecular flexibility index (Phi) is 6.64. The molecular weight excluding hydrogens is 323 g/mol. The van der Waals surface area contributed by atoms with Gasteiger partial charge in [-0.05, 0) is 58.2 Å². The number of alkyl carbamates (subject to hydrolysis) is 1. The molecule has 6 heteroatoms. The van der Waals surface area contributed by atoms with Gasteiger partial charge in [0.25, 0.3) is 0 Å². The van der Waals surface area contributed by atoms with Gasteiger partial charge >= 0.3 is 6.09 Å². The molecule has 0 spiro atoms. The molecule has 1 saturated heterocycles. The number of rotatable bonds is 6. The minimum Gasteiger partial charge on any atom is -0.491 e. The molecule has 1 amide bonds. The summed E-state index contributed by atoms with van der Waals surface area (Å²) in [5.74, 6) is -0.0145. The monoisotopic (exact) mass is 352 g/mol. The summed E-state index contributed by atoms with van der Waals surface area (Å²) in [5, 5.41) is 2.91. The van der Waals surface area contributed by atoms with E-state index >= 15 is 0 Å². The van der Waals surface area contributed by atoms with E-state index in [4.69, 9.17) is 9.47 Å². The third kappa shape index (κ3) is 6.53. The Morgan fingerprint density at radius 3 is 2.80 bits per heavy atom. The first-order chi connectivity index (χ1) is 11.8. The van der Waals surface area contributed by atoms with Gasteiger partial charge in [-0.25, -0.2) is 9.18 Å². The zero-order valence-electron chi connectivity index (χ0n) is 15.6. The number of hydrogen-bond donors (Lipinski definition) is 1. The number of halogens is 1. The van der Waals surface area contributed by atoms with Crippen LogP contribution in [0.4, 0.5) is 9.18 Å². The van der Waals surface area contributed by atoms with E-state index in [0.29, 0.717) is 12.4 Å². The maximum absolute atomic E-state index is 13.9. The van der Waals surface area contributed by atoms with Gasteiger partial charge in [-0.3, -0.25) is 0 Å². The van der Waals surface area contributed by atoms with Crippen molar-refractivity contribution in [3.63, 3.8) is 0 Å². The second kappa shape index (κ2) is 8.52. The number of ether oxygens (including phenoxy) is 2. The lowest BCUT2D eigenvalue weighted by Crippen LogP contribution is -2.40. The summed E-state index contributed by atoms with van der Waals surface area (Å²) in [4.78, 5) is 14.1. The third-order valence-corrected chi connectivity index (χ3v) is 4.01. The molecule has 5 nitrogen and oxygen atoms in total. The molecule has 1 atom stereocenters. The van der Waals surface area contributed by atoms with E-state index in [2.05, 4.69) is 10.2 Å². The molecule has 0 bridgehead atoms. The molecule has 140 valence electrons. The predicted octanol–water partition coefficient (Wildman–Crippen LogP) is 3.37. The van der Waals surface area contributed by atoms with Gasteiger partial charge in [0.2, 0.25) is 0 Å². The SMILES string of the molecule is CCOc1ccc(CCN2CC[C@@H](NC(=O)OC(C)(C)C)C2)cc1F. The number of likely N-dealkylation sites (tertiary alicyclic amines) is 1. The Hall–Kier alpha value is -1.82. The van der Waals surface area contributed by atoms with Crippen LogP contribution >= 0.6 is 0 Å². The van der Waals surface area contributed by atoms with Crippen molar-refractivity contribution >= 4 is 6.09 Å². The van der Waals surface area contributed by atoms with Gasteiger partial charge in [0.15, 0.2) is 11.6 Å².